The minimum Gasteiger partial charge on any atom is -0.387 e. The highest BCUT2D eigenvalue weighted by atomic mass is 16.7. The number of hydrogen-bond donors (Lipinski definition) is 2. The van der Waals surface area contributed by atoms with Crippen LogP contribution in [-0.2, 0) is 18.9 Å². The van der Waals surface area contributed by atoms with Crippen LogP contribution in [0.25, 0.3) is 0 Å². The summed E-state index contributed by atoms with van der Waals surface area (Å²) in [5.41, 5.74) is 0.863. The molecule has 0 amide bonds. The molecular formula is C14H18O6. The Hall–Kier alpha value is -1.02. The van der Waals surface area contributed by atoms with E-state index in [9.17, 15) is 10.2 Å². The summed E-state index contributed by atoms with van der Waals surface area (Å²) in [7, 11) is 1.41. The van der Waals surface area contributed by atoms with E-state index in [1.165, 1.54) is 7.11 Å². The first kappa shape index (κ1) is 13.9. The van der Waals surface area contributed by atoms with E-state index in [1.54, 1.807) is 0 Å². The Labute approximate surface area is 116 Å². The molecule has 3 rings (SSSR count). The first-order valence-corrected chi connectivity index (χ1v) is 6.57. The van der Waals surface area contributed by atoms with Gasteiger partial charge >= 0.3 is 0 Å². The van der Waals surface area contributed by atoms with Gasteiger partial charge in [-0.1, -0.05) is 30.3 Å². The first-order chi connectivity index (χ1) is 9.70. The molecule has 110 valence electrons. The van der Waals surface area contributed by atoms with Gasteiger partial charge in [0.1, 0.15) is 24.4 Å². The van der Waals surface area contributed by atoms with Crippen molar-refractivity contribution in [2.24, 2.45) is 0 Å². The Kier molecular flexibility index (Phi) is 4.02. The van der Waals surface area contributed by atoms with Crippen molar-refractivity contribution in [2.75, 3.05) is 13.7 Å². The topological polar surface area (TPSA) is 77.4 Å². The first-order valence-electron chi connectivity index (χ1n) is 6.57. The molecule has 0 bridgehead atoms. The number of benzene rings is 1. The molecule has 20 heavy (non-hydrogen) atoms. The molecule has 0 aliphatic carbocycles. The van der Waals surface area contributed by atoms with Crippen LogP contribution in [0.4, 0.5) is 0 Å². The average molecular weight is 282 g/mol. The summed E-state index contributed by atoms with van der Waals surface area (Å²) in [5.74, 6) is 0. The minimum absolute atomic E-state index is 0.272. The lowest BCUT2D eigenvalue weighted by Gasteiger charge is -2.45. The summed E-state index contributed by atoms with van der Waals surface area (Å²) in [6.45, 7) is 0.272. The van der Waals surface area contributed by atoms with Crippen LogP contribution in [0.5, 0.6) is 0 Å². The van der Waals surface area contributed by atoms with E-state index in [4.69, 9.17) is 18.9 Å². The number of fused-ring (bicyclic) bond motifs is 1. The second-order valence-corrected chi connectivity index (χ2v) is 4.94. The van der Waals surface area contributed by atoms with Crippen LogP contribution in [0.1, 0.15) is 11.9 Å². The Morgan fingerprint density at radius 2 is 1.85 bits per heavy atom. The molecule has 2 aliphatic heterocycles. The molecule has 0 radical (unpaired) electrons. The molecule has 6 atom stereocenters. The number of ether oxygens (including phenoxy) is 4. The van der Waals surface area contributed by atoms with Crippen molar-refractivity contribution in [1.82, 2.24) is 0 Å². The van der Waals surface area contributed by atoms with Gasteiger partial charge in [-0.25, -0.2) is 0 Å². The molecule has 6 heteroatoms. The van der Waals surface area contributed by atoms with Crippen molar-refractivity contribution >= 4 is 0 Å². The predicted octanol–water partition coefficient (Wildman–Crippen LogP) is 0.194. The largest absolute Gasteiger partial charge is 0.387 e. The fraction of sp³-hybridized carbons (Fsp3) is 0.571. The van der Waals surface area contributed by atoms with Gasteiger partial charge in [-0.05, 0) is 0 Å². The van der Waals surface area contributed by atoms with Gasteiger partial charge in [0, 0.05) is 12.7 Å². The normalized spacial score (nSPS) is 41.1. The maximum absolute atomic E-state index is 10.1. The number of methoxy groups -OCH3 is 1. The molecule has 1 aromatic rings. The van der Waals surface area contributed by atoms with Gasteiger partial charge in [0.05, 0.1) is 6.61 Å². The summed E-state index contributed by atoms with van der Waals surface area (Å²) < 4.78 is 21.9. The van der Waals surface area contributed by atoms with E-state index in [0.29, 0.717) is 0 Å². The van der Waals surface area contributed by atoms with Crippen LogP contribution in [0, 0.1) is 0 Å². The zero-order valence-electron chi connectivity index (χ0n) is 11.1. The van der Waals surface area contributed by atoms with Gasteiger partial charge in [0.2, 0.25) is 0 Å². The molecule has 0 saturated carbocycles. The van der Waals surface area contributed by atoms with Crippen molar-refractivity contribution in [3.05, 3.63) is 35.9 Å². The number of rotatable bonds is 2. The number of aliphatic hydroxyl groups excluding tert-OH is 2. The third-order valence-corrected chi connectivity index (χ3v) is 3.64. The zero-order chi connectivity index (χ0) is 14.1. The molecule has 0 unspecified atom stereocenters. The highest BCUT2D eigenvalue weighted by molar-refractivity contribution is 5.16. The van der Waals surface area contributed by atoms with Gasteiger partial charge in [-0.2, -0.15) is 0 Å². The van der Waals surface area contributed by atoms with E-state index in [1.807, 2.05) is 30.3 Å². The third kappa shape index (κ3) is 2.46. The van der Waals surface area contributed by atoms with Crippen LogP contribution >= 0.6 is 0 Å². The summed E-state index contributed by atoms with van der Waals surface area (Å²) in [5, 5.41) is 20.1. The standard InChI is InChI=1S/C14H18O6/c1-17-14-11(16)10(15)12-9(19-14)7-18-13(20-12)8-5-3-2-4-6-8/h2-6,9-16H,7H2,1H3/t9-,10+,11+,12+,13+,14+/m1/s1. The van der Waals surface area contributed by atoms with E-state index in [-0.39, 0.29) is 6.61 Å². The minimum atomic E-state index is -1.14. The van der Waals surface area contributed by atoms with Crippen LogP contribution < -0.4 is 0 Å². The summed E-state index contributed by atoms with van der Waals surface area (Å²) >= 11 is 0. The molecule has 2 N–H and O–H groups in total. The molecule has 0 aromatic heterocycles. The summed E-state index contributed by atoms with van der Waals surface area (Å²) in [6, 6.07) is 9.45. The van der Waals surface area contributed by atoms with Crippen molar-refractivity contribution in [3.63, 3.8) is 0 Å². The second kappa shape index (κ2) is 5.77. The van der Waals surface area contributed by atoms with Crippen molar-refractivity contribution in [3.8, 4) is 0 Å². The Balaban J connectivity index is 1.74. The second-order valence-electron chi connectivity index (χ2n) is 4.94. The Bertz CT molecular complexity index is 437. The van der Waals surface area contributed by atoms with E-state index < -0.39 is 37.0 Å². The van der Waals surface area contributed by atoms with E-state index >= 15 is 0 Å². The van der Waals surface area contributed by atoms with Gasteiger partial charge in [0.15, 0.2) is 12.6 Å². The fourth-order valence-electron chi connectivity index (χ4n) is 2.55. The number of aliphatic hydroxyl groups is 2. The van der Waals surface area contributed by atoms with Crippen LogP contribution in [0.2, 0.25) is 0 Å². The summed E-state index contributed by atoms with van der Waals surface area (Å²) in [6.07, 6.45) is -4.76. The van der Waals surface area contributed by atoms with Gasteiger partial charge in [-0.3, -0.25) is 0 Å². The van der Waals surface area contributed by atoms with Gasteiger partial charge in [0.25, 0.3) is 0 Å². The lowest BCUT2D eigenvalue weighted by molar-refractivity contribution is -0.358. The van der Waals surface area contributed by atoms with Crippen molar-refractivity contribution < 1.29 is 29.2 Å². The van der Waals surface area contributed by atoms with Crippen molar-refractivity contribution in [1.29, 1.82) is 0 Å². The maximum Gasteiger partial charge on any atom is 0.186 e. The highest BCUT2D eigenvalue weighted by Crippen LogP contribution is 2.33. The van der Waals surface area contributed by atoms with Crippen LogP contribution in [0.3, 0.4) is 0 Å². The monoisotopic (exact) mass is 282 g/mol. The zero-order valence-corrected chi connectivity index (χ0v) is 11.1. The third-order valence-electron chi connectivity index (χ3n) is 3.64. The molecule has 2 fully saturated rings. The fourth-order valence-corrected chi connectivity index (χ4v) is 2.55. The highest BCUT2D eigenvalue weighted by Gasteiger charge is 2.48. The SMILES string of the molecule is CO[C@H]1O[C@@H]2CO[C@H](c3ccccc3)O[C@@H]2[C@@H](O)[C@@H]1O. The molecule has 6 nitrogen and oxygen atoms in total. The van der Waals surface area contributed by atoms with E-state index in [2.05, 4.69) is 0 Å². The Morgan fingerprint density at radius 3 is 2.55 bits per heavy atom. The molecule has 1 aromatic carbocycles. The molecule has 0 spiro atoms. The lowest BCUT2D eigenvalue weighted by Crippen LogP contribution is -2.62. The molecular weight excluding hydrogens is 264 g/mol. The molecule has 2 saturated heterocycles. The summed E-state index contributed by atoms with van der Waals surface area (Å²) in [4.78, 5) is 0. The van der Waals surface area contributed by atoms with Gasteiger partial charge in [-0.15, -0.1) is 0 Å². The molecule has 2 aliphatic rings. The average Bonchev–Trinajstić information content (AvgIpc) is 2.51. The van der Waals surface area contributed by atoms with Crippen molar-refractivity contribution in [2.45, 2.75) is 37.0 Å². The lowest BCUT2D eigenvalue weighted by atomic mass is 9.98. The van der Waals surface area contributed by atoms with E-state index in [0.717, 1.165) is 5.56 Å². The molecule has 2 heterocycles. The van der Waals surface area contributed by atoms with Crippen LogP contribution in [-0.4, -0.2) is 54.6 Å². The smallest absolute Gasteiger partial charge is 0.186 e. The quantitative estimate of drug-likeness (QED) is 0.806. The Morgan fingerprint density at radius 1 is 1.10 bits per heavy atom. The maximum atomic E-state index is 10.1. The van der Waals surface area contributed by atoms with Crippen LogP contribution in [0.15, 0.2) is 30.3 Å². The van der Waals surface area contributed by atoms with Gasteiger partial charge < -0.3 is 29.2 Å². The predicted molar refractivity (Wildman–Crippen MR) is 67.7 cm³/mol. The number of hydrogen-bond acceptors (Lipinski definition) is 6.